The summed E-state index contributed by atoms with van der Waals surface area (Å²) in [7, 11) is 0. The molecule has 0 amide bonds. The molecule has 3 nitrogen and oxygen atoms in total. The van der Waals surface area contributed by atoms with Crippen molar-refractivity contribution in [3.63, 3.8) is 0 Å². The van der Waals surface area contributed by atoms with Crippen molar-refractivity contribution in [1.82, 2.24) is 0 Å². The van der Waals surface area contributed by atoms with Gasteiger partial charge in [0.05, 0.1) is 11.5 Å². The van der Waals surface area contributed by atoms with Crippen molar-refractivity contribution in [3.05, 3.63) is 35.8 Å². The van der Waals surface area contributed by atoms with Crippen LogP contribution < -0.4 is 0 Å². The van der Waals surface area contributed by atoms with Gasteiger partial charge in [0, 0.05) is 12.0 Å². The molecular weight excluding hydrogens is 252 g/mol. The molecule has 3 heteroatoms. The second-order valence-electron chi connectivity index (χ2n) is 6.46. The summed E-state index contributed by atoms with van der Waals surface area (Å²) < 4.78 is 5.99. The fourth-order valence-corrected chi connectivity index (χ4v) is 3.35. The SMILES string of the molecule is CC1(O)CCCC(C2=CC(=O)C3CC=CC=C3O2)CC1. The van der Waals surface area contributed by atoms with E-state index in [2.05, 4.69) is 0 Å². The number of hydrogen-bond donors (Lipinski definition) is 1. The molecule has 0 aromatic carbocycles. The molecule has 3 rings (SSSR count). The number of hydrogen-bond acceptors (Lipinski definition) is 3. The minimum atomic E-state index is -0.566. The molecule has 0 saturated heterocycles. The lowest BCUT2D eigenvalue weighted by atomic mass is 9.88. The Morgan fingerprint density at radius 2 is 2.15 bits per heavy atom. The average molecular weight is 274 g/mol. The molecule has 0 aromatic rings. The van der Waals surface area contributed by atoms with Gasteiger partial charge in [-0.3, -0.25) is 4.79 Å². The van der Waals surface area contributed by atoms with Gasteiger partial charge in [-0.25, -0.2) is 0 Å². The molecule has 1 saturated carbocycles. The Balaban J connectivity index is 1.77. The highest BCUT2D eigenvalue weighted by molar-refractivity contribution is 5.95. The Kier molecular flexibility index (Phi) is 3.55. The van der Waals surface area contributed by atoms with Crippen LogP contribution in [-0.4, -0.2) is 16.5 Å². The van der Waals surface area contributed by atoms with Crippen LogP contribution in [0.4, 0.5) is 0 Å². The van der Waals surface area contributed by atoms with Crippen LogP contribution in [0.25, 0.3) is 0 Å². The third-order valence-corrected chi connectivity index (χ3v) is 4.68. The first-order valence-electron chi connectivity index (χ1n) is 7.57. The zero-order chi connectivity index (χ0) is 14.2. The van der Waals surface area contributed by atoms with Crippen LogP contribution in [0.3, 0.4) is 0 Å². The molecule has 2 aliphatic carbocycles. The van der Waals surface area contributed by atoms with Crippen molar-refractivity contribution in [2.45, 2.75) is 51.0 Å². The predicted molar refractivity (Wildman–Crippen MR) is 76.7 cm³/mol. The van der Waals surface area contributed by atoms with E-state index in [1.165, 1.54) is 0 Å². The molecule has 0 aromatic heterocycles. The van der Waals surface area contributed by atoms with Crippen molar-refractivity contribution in [2.24, 2.45) is 11.8 Å². The molecule has 1 aliphatic heterocycles. The molecule has 3 unspecified atom stereocenters. The van der Waals surface area contributed by atoms with Gasteiger partial charge in [-0.05, 0) is 51.5 Å². The maximum Gasteiger partial charge on any atom is 0.169 e. The molecule has 0 bridgehead atoms. The first-order chi connectivity index (χ1) is 9.55. The summed E-state index contributed by atoms with van der Waals surface area (Å²) in [6.07, 6.45) is 12.8. The van der Waals surface area contributed by atoms with Crippen LogP contribution >= 0.6 is 0 Å². The largest absolute Gasteiger partial charge is 0.465 e. The molecule has 0 radical (unpaired) electrons. The Hall–Kier alpha value is -1.35. The number of ether oxygens (including phenoxy) is 1. The lowest BCUT2D eigenvalue weighted by Crippen LogP contribution is -2.26. The topological polar surface area (TPSA) is 46.5 Å². The fourth-order valence-electron chi connectivity index (χ4n) is 3.35. The van der Waals surface area contributed by atoms with E-state index in [0.717, 1.165) is 50.0 Å². The van der Waals surface area contributed by atoms with E-state index in [1.807, 2.05) is 25.2 Å². The summed E-state index contributed by atoms with van der Waals surface area (Å²) >= 11 is 0. The first kappa shape index (κ1) is 13.6. The molecule has 1 fully saturated rings. The summed E-state index contributed by atoms with van der Waals surface area (Å²) in [4.78, 5) is 12.2. The minimum absolute atomic E-state index is 0.113. The van der Waals surface area contributed by atoms with E-state index < -0.39 is 5.60 Å². The maximum atomic E-state index is 12.2. The Morgan fingerprint density at radius 1 is 1.30 bits per heavy atom. The molecule has 108 valence electrons. The van der Waals surface area contributed by atoms with E-state index in [4.69, 9.17) is 4.74 Å². The highest BCUT2D eigenvalue weighted by Crippen LogP contribution is 2.38. The monoisotopic (exact) mass is 274 g/mol. The number of rotatable bonds is 1. The van der Waals surface area contributed by atoms with Crippen molar-refractivity contribution < 1.29 is 14.6 Å². The highest BCUT2D eigenvalue weighted by Gasteiger charge is 2.34. The molecule has 3 aliphatic rings. The first-order valence-corrected chi connectivity index (χ1v) is 7.57. The van der Waals surface area contributed by atoms with Gasteiger partial charge in [-0.2, -0.15) is 0 Å². The van der Waals surface area contributed by atoms with Crippen LogP contribution in [-0.2, 0) is 9.53 Å². The van der Waals surface area contributed by atoms with Crippen molar-refractivity contribution in [2.75, 3.05) is 0 Å². The third-order valence-electron chi connectivity index (χ3n) is 4.68. The maximum absolute atomic E-state index is 12.2. The number of carbonyl (C=O) groups excluding carboxylic acids is 1. The van der Waals surface area contributed by atoms with Gasteiger partial charge < -0.3 is 9.84 Å². The second kappa shape index (κ2) is 5.21. The quantitative estimate of drug-likeness (QED) is 0.747. The van der Waals surface area contributed by atoms with E-state index in [0.29, 0.717) is 0 Å². The van der Waals surface area contributed by atoms with Gasteiger partial charge in [0.25, 0.3) is 0 Å². The average Bonchev–Trinajstić information content (AvgIpc) is 2.60. The Labute approximate surface area is 120 Å². The van der Waals surface area contributed by atoms with Crippen LogP contribution in [0, 0.1) is 11.8 Å². The summed E-state index contributed by atoms with van der Waals surface area (Å²) in [6, 6.07) is 0. The number of carbonyl (C=O) groups is 1. The number of fused-ring (bicyclic) bond motifs is 1. The number of ketones is 1. The normalized spacial score (nSPS) is 37.4. The zero-order valence-electron chi connectivity index (χ0n) is 12.0. The van der Waals surface area contributed by atoms with Crippen molar-refractivity contribution >= 4 is 5.78 Å². The molecule has 3 atom stereocenters. The van der Waals surface area contributed by atoms with Gasteiger partial charge in [0.2, 0.25) is 0 Å². The molecule has 1 N–H and O–H groups in total. The van der Waals surface area contributed by atoms with Gasteiger partial charge in [0.15, 0.2) is 5.78 Å². The van der Waals surface area contributed by atoms with E-state index in [1.54, 1.807) is 6.08 Å². The number of aliphatic hydroxyl groups is 1. The molecule has 1 heterocycles. The minimum Gasteiger partial charge on any atom is -0.465 e. The lowest BCUT2D eigenvalue weighted by Gasteiger charge is -2.29. The van der Waals surface area contributed by atoms with E-state index >= 15 is 0 Å². The van der Waals surface area contributed by atoms with E-state index in [9.17, 15) is 9.90 Å². The van der Waals surface area contributed by atoms with Crippen LogP contribution in [0.1, 0.15) is 45.4 Å². The van der Waals surface area contributed by atoms with Gasteiger partial charge >= 0.3 is 0 Å². The smallest absolute Gasteiger partial charge is 0.169 e. The fraction of sp³-hybridized carbons (Fsp3) is 0.588. The molecule has 20 heavy (non-hydrogen) atoms. The molecular formula is C17H22O3. The van der Waals surface area contributed by atoms with Crippen molar-refractivity contribution in [3.8, 4) is 0 Å². The van der Waals surface area contributed by atoms with Gasteiger partial charge in [0.1, 0.15) is 11.5 Å². The Morgan fingerprint density at radius 3 is 3.00 bits per heavy atom. The Bertz CT molecular complexity index is 496. The highest BCUT2D eigenvalue weighted by atomic mass is 16.5. The van der Waals surface area contributed by atoms with Crippen LogP contribution in [0.2, 0.25) is 0 Å². The van der Waals surface area contributed by atoms with Gasteiger partial charge in [-0.1, -0.05) is 12.2 Å². The molecule has 0 spiro atoms. The van der Waals surface area contributed by atoms with Crippen LogP contribution in [0.5, 0.6) is 0 Å². The predicted octanol–water partition coefficient (Wildman–Crippen LogP) is 3.26. The summed E-state index contributed by atoms with van der Waals surface area (Å²) in [6.45, 7) is 1.90. The van der Waals surface area contributed by atoms with E-state index in [-0.39, 0.29) is 17.6 Å². The summed E-state index contributed by atoms with van der Waals surface area (Å²) in [5.74, 6) is 1.92. The van der Waals surface area contributed by atoms with Crippen molar-refractivity contribution in [1.29, 1.82) is 0 Å². The lowest BCUT2D eigenvalue weighted by molar-refractivity contribution is -0.119. The number of allylic oxidation sites excluding steroid dienone is 6. The van der Waals surface area contributed by atoms with Gasteiger partial charge in [-0.15, -0.1) is 0 Å². The third kappa shape index (κ3) is 2.73. The summed E-state index contributed by atoms with van der Waals surface area (Å²) in [5, 5.41) is 10.2. The van der Waals surface area contributed by atoms with Crippen LogP contribution in [0.15, 0.2) is 35.8 Å². The zero-order valence-corrected chi connectivity index (χ0v) is 12.0. The summed E-state index contributed by atoms with van der Waals surface area (Å²) in [5.41, 5.74) is -0.566. The standard InChI is InChI=1S/C17H22O3/c1-17(19)9-4-5-12(8-10-17)16-11-14(18)13-6-2-3-7-15(13)20-16/h2-3,7,11-13,19H,4-6,8-10H2,1H3. The second-order valence-corrected chi connectivity index (χ2v) is 6.46.